The first-order valence-electron chi connectivity index (χ1n) is 10.5. The summed E-state index contributed by atoms with van der Waals surface area (Å²) >= 11 is 0. The van der Waals surface area contributed by atoms with Crippen molar-refractivity contribution in [3.63, 3.8) is 0 Å². The van der Waals surface area contributed by atoms with Crippen LogP contribution in [0.4, 0.5) is 0 Å². The average Bonchev–Trinajstić information content (AvgIpc) is 3.06. The van der Waals surface area contributed by atoms with Gasteiger partial charge in [-0.15, -0.1) is 0 Å². The molecule has 1 aliphatic rings. The molecule has 2 aromatic carbocycles. The first-order chi connectivity index (χ1) is 15.3. The molecule has 0 aromatic heterocycles. The highest BCUT2D eigenvalue weighted by Crippen LogP contribution is 2.28. The maximum absolute atomic E-state index is 13.0. The number of sulfonamides is 1. The number of benzene rings is 2. The largest absolute Gasteiger partial charge is 0.493 e. The highest BCUT2D eigenvalue weighted by molar-refractivity contribution is 7.90. The highest BCUT2D eigenvalue weighted by atomic mass is 32.2. The molecule has 8 nitrogen and oxygen atoms in total. The lowest BCUT2D eigenvalue weighted by molar-refractivity contribution is -0.123. The van der Waals surface area contributed by atoms with E-state index in [2.05, 4.69) is 15.0 Å². The summed E-state index contributed by atoms with van der Waals surface area (Å²) in [6, 6.07) is 11.5. The Morgan fingerprint density at radius 3 is 2.53 bits per heavy atom. The highest BCUT2D eigenvalue weighted by Gasteiger charge is 2.33. The van der Waals surface area contributed by atoms with Crippen molar-refractivity contribution in [2.75, 3.05) is 20.8 Å². The van der Waals surface area contributed by atoms with Crippen LogP contribution >= 0.6 is 0 Å². The van der Waals surface area contributed by atoms with Crippen molar-refractivity contribution in [3.05, 3.63) is 53.6 Å². The Balaban J connectivity index is 1.74. The predicted molar refractivity (Wildman–Crippen MR) is 123 cm³/mol. The molecule has 0 saturated heterocycles. The maximum atomic E-state index is 13.0. The predicted octanol–water partition coefficient (Wildman–Crippen LogP) is 2.52. The van der Waals surface area contributed by atoms with Crippen LogP contribution in [0.15, 0.2) is 52.4 Å². The molecule has 1 aliphatic heterocycles. The number of hydrogen-bond acceptors (Lipinski definition) is 6. The Labute approximate surface area is 189 Å². The lowest BCUT2D eigenvalue weighted by Gasteiger charge is -2.19. The van der Waals surface area contributed by atoms with Crippen LogP contribution in [0.3, 0.4) is 0 Å². The third-order valence-corrected chi connectivity index (χ3v) is 6.94. The summed E-state index contributed by atoms with van der Waals surface area (Å²) in [4.78, 5) is 17.7. The topological polar surface area (TPSA) is 106 Å². The quantitative estimate of drug-likeness (QED) is 0.599. The molecule has 2 atom stereocenters. The van der Waals surface area contributed by atoms with Gasteiger partial charge in [-0.25, -0.2) is 8.42 Å². The van der Waals surface area contributed by atoms with Gasteiger partial charge < -0.3 is 14.8 Å². The normalized spacial score (nSPS) is 17.2. The van der Waals surface area contributed by atoms with Gasteiger partial charge in [0.25, 0.3) is 10.0 Å². The smallest absolute Gasteiger partial charge is 0.263 e. The number of aliphatic imine (C=N–C) groups is 1. The molecular weight excluding hydrogens is 430 g/mol. The van der Waals surface area contributed by atoms with E-state index in [1.54, 1.807) is 32.4 Å². The molecule has 1 amide bonds. The molecule has 2 N–H and O–H groups in total. The van der Waals surface area contributed by atoms with Crippen LogP contribution in [0.2, 0.25) is 0 Å². The zero-order valence-electron chi connectivity index (χ0n) is 18.7. The monoisotopic (exact) mass is 459 g/mol. The van der Waals surface area contributed by atoms with Gasteiger partial charge in [-0.05, 0) is 42.2 Å². The van der Waals surface area contributed by atoms with Crippen molar-refractivity contribution in [2.45, 2.75) is 37.6 Å². The molecule has 0 aliphatic carbocycles. The lowest BCUT2D eigenvalue weighted by atomic mass is 9.98. The molecule has 2 aromatic rings. The number of nitrogens with zero attached hydrogens (tertiary/aromatic N) is 1. The molecule has 0 saturated carbocycles. The van der Waals surface area contributed by atoms with Gasteiger partial charge in [-0.1, -0.05) is 38.5 Å². The molecule has 3 rings (SSSR count). The van der Waals surface area contributed by atoms with Crippen LogP contribution < -0.4 is 19.5 Å². The Hall–Kier alpha value is -3.07. The van der Waals surface area contributed by atoms with Crippen LogP contribution in [0.5, 0.6) is 11.5 Å². The number of amides is 1. The fourth-order valence-electron chi connectivity index (χ4n) is 3.51. The van der Waals surface area contributed by atoms with Crippen molar-refractivity contribution in [1.82, 2.24) is 10.0 Å². The number of amidine groups is 1. The summed E-state index contributed by atoms with van der Waals surface area (Å²) in [7, 11) is -0.500. The standard InChI is InChI=1S/C23H29N3O5S/c1-5-15(2)21(25-22-17-8-6-7-9-20(17)32(28,29)26-22)23(27)24-13-12-16-10-11-18(30-3)19(14-16)31-4/h6-11,14-15,21H,5,12-13H2,1-4H3,(H,24,27)(H,25,26)/t15-,21-/m0/s1. The number of hydrogen-bond donors (Lipinski definition) is 2. The minimum Gasteiger partial charge on any atom is -0.493 e. The SMILES string of the molecule is CC[C@H](C)[C@H](N=C1NS(=O)(=O)c2ccccc21)C(=O)NCCc1ccc(OC)c(OC)c1. The molecule has 0 fully saturated rings. The van der Waals surface area contributed by atoms with Crippen LogP contribution in [0, 0.1) is 5.92 Å². The van der Waals surface area contributed by atoms with E-state index in [1.807, 2.05) is 32.0 Å². The zero-order chi connectivity index (χ0) is 23.3. The van der Waals surface area contributed by atoms with Crippen molar-refractivity contribution in [2.24, 2.45) is 10.9 Å². The molecule has 0 unspecified atom stereocenters. The van der Waals surface area contributed by atoms with Crippen molar-refractivity contribution >= 4 is 21.8 Å². The molecular formula is C23H29N3O5S. The number of ether oxygens (including phenoxy) is 2. The van der Waals surface area contributed by atoms with E-state index in [0.29, 0.717) is 30.0 Å². The second kappa shape index (κ2) is 10.0. The van der Waals surface area contributed by atoms with Crippen molar-refractivity contribution < 1.29 is 22.7 Å². The molecule has 0 bridgehead atoms. The van der Waals surface area contributed by atoms with Crippen LogP contribution in [-0.2, 0) is 21.2 Å². The first kappa shape index (κ1) is 23.6. The number of rotatable bonds is 9. The van der Waals surface area contributed by atoms with Crippen LogP contribution in [0.25, 0.3) is 0 Å². The van der Waals surface area contributed by atoms with Gasteiger partial charge in [0.15, 0.2) is 11.5 Å². The third-order valence-electron chi connectivity index (χ3n) is 5.54. The molecule has 1 heterocycles. The number of carbonyl (C=O) groups excluding carboxylic acids is 1. The fraction of sp³-hybridized carbons (Fsp3) is 0.391. The number of carbonyl (C=O) groups is 1. The Bertz CT molecular complexity index is 1110. The van der Waals surface area contributed by atoms with E-state index in [4.69, 9.17) is 9.47 Å². The summed E-state index contributed by atoms with van der Waals surface area (Å²) in [5, 5.41) is 2.94. The third kappa shape index (κ3) is 5.04. The van der Waals surface area contributed by atoms with E-state index in [0.717, 1.165) is 12.0 Å². The fourth-order valence-corrected chi connectivity index (χ4v) is 4.75. The Morgan fingerprint density at radius 2 is 1.84 bits per heavy atom. The van der Waals surface area contributed by atoms with Gasteiger partial charge in [0.1, 0.15) is 11.9 Å². The summed E-state index contributed by atoms with van der Waals surface area (Å²) in [5.41, 5.74) is 1.48. The van der Waals surface area contributed by atoms with Gasteiger partial charge in [0, 0.05) is 12.1 Å². The van der Waals surface area contributed by atoms with Gasteiger partial charge in [-0.3, -0.25) is 14.5 Å². The van der Waals surface area contributed by atoms with E-state index in [1.165, 1.54) is 6.07 Å². The molecule has 0 spiro atoms. The second-order valence-corrected chi connectivity index (χ2v) is 9.29. The number of nitrogens with one attached hydrogen (secondary N) is 2. The Kier molecular flexibility index (Phi) is 7.40. The maximum Gasteiger partial charge on any atom is 0.263 e. The molecule has 9 heteroatoms. The van der Waals surface area contributed by atoms with E-state index >= 15 is 0 Å². The van der Waals surface area contributed by atoms with Gasteiger partial charge >= 0.3 is 0 Å². The van der Waals surface area contributed by atoms with E-state index in [9.17, 15) is 13.2 Å². The van der Waals surface area contributed by atoms with E-state index < -0.39 is 16.1 Å². The minimum absolute atomic E-state index is 0.0687. The molecule has 172 valence electrons. The Morgan fingerprint density at radius 1 is 1.12 bits per heavy atom. The van der Waals surface area contributed by atoms with Crippen molar-refractivity contribution in [3.8, 4) is 11.5 Å². The number of fused-ring (bicyclic) bond motifs is 1. The van der Waals surface area contributed by atoms with Gasteiger partial charge in [0.2, 0.25) is 5.91 Å². The summed E-state index contributed by atoms with van der Waals surface area (Å²) < 4.78 is 37.8. The zero-order valence-corrected chi connectivity index (χ0v) is 19.5. The van der Waals surface area contributed by atoms with Crippen LogP contribution in [-0.4, -0.2) is 47.0 Å². The lowest BCUT2D eigenvalue weighted by Crippen LogP contribution is -2.40. The van der Waals surface area contributed by atoms with Gasteiger partial charge in [-0.2, -0.15) is 0 Å². The molecule has 32 heavy (non-hydrogen) atoms. The van der Waals surface area contributed by atoms with Gasteiger partial charge in [0.05, 0.1) is 19.1 Å². The van der Waals surface area contributed by atoms with Crippen molar-refractivity contribution in [1.29, 1.82) is 0 Å². The number of methoxy groups -OCH3 is 2. The van der Waals surface area contributed by atoms with Crippen LogP contribution in [0.1, 0.15) is 31.4 Å². The second-order valence-electron chi connectivity index (χ2n) is 7.64. The molecule has 0 radical (unpaired) electrons. The summed E-state index contributed by atoms with van der Waals surface area (Å²) in [5.74, 6) is 1.18. The average molecular weight is 460 g/mol. The minimum atomic E-state index is -3.66. The summed E-state index contributed by atoms with van der Waals surface area (Å²) in [6.45, 7) is 4.31. The first-order valence-corrected chi connectivity index (χ1v) is 12.0. The van der Waals surface area contributed by atoms with E-state index in [-0.39, 0.29) is 22.6 Å². The summed E-state index contributed by atoms with van der Waals surface area (Å²) in [6.07, 6.45) is 1.32.